The van der Waals surface area contributed by atoms with Crippen LogP contribution in [0.25, 0.3) is 0 Å². The van der Waals surface area contributed by atoms with Gasteiger partial charge in [-0.15, -0.1) is 0 Å². The number of Topliss-reactive ketones (excluding diaryl/α,β-unsaturated/α-hetero) is 1. The maximum Gasteiger partial charge on any atom is 0.340 e. The first kappa shape index (κ1) is 20.6. The zero-order valence-electron chi connectivity index (χ0n) is 18.2. The Morgan fingerprint density at radius 2 is 1.59 bits per heavy atom. The molecule has 6 nitrogen and oxygen atoms in total. The van der Waals surface area contributed by atoms with Crippen LogP contribution in [-0.4, -0.2) is 30.2 Å². The second-order valence-electron chi connectivity index (χ2n) is 9.21. The number of hydrogen-bond donors (Lipinski definition) is 0. The Hall–Kier alpha value is -3.28. The van der Waals surface area contributed by atoms with E-state index in [1.807, 2.05) is 19.9 Å². The predicted molar refractivity (Wildman–Crippen MR) is 117 cm³/mol. The summed E-state index contributed by atoms with van der Waals surface area (Å²) in [5.74, 6) is -1.45. The molecule has 6 heteroatoms. The van der Waals surface area contributed by atoms with Gasteiger partial charge < -0.3 is 4.74 Å². The number of ketones is 1. The summed E-state index contributed by atoms with van der Waals surface area (Å²) < 4.78 is 5.30. The standard InChI is InChI=1S/C26H25NO5/c1-14-7-8-16(11-15(14)2)21(28)13-32-26(31)19-5-3-4-6-20(19)27-24(29)22-17-9-10-18(12-17)23(22)25(27)30/h3-8,11,17-18,22-23H,9-10,12-13H2,1-2H3/t17-,18+,22-,23+. The molecule has 2 aromatic carbocycles. The number of carbonyl (C=O) groups is 4. The van der Waals surface area contributed by atoms with Gasteiger partial charge in [0.25, 0.3) is 0 Å². The molecular formula is C26H25NO5. The van der Waals surface area contributed by atoms with Crippen molar-refractivity contribution in [3.63, 3.8) is 0 Å². The molecule has 0 spiro atoms. The third-order valence-electron chi connectivity index (χ3n) is 7.46. The van der Waals surface area contributed by atoms with E-state index in [9.17, 15) is 19.2 Å². The Kier molecular flexibility index (Phi) is 4.96. The number of hydrogen-bond acceptors (Lipinski definition) is 5. The molecule has 2 amide bonds. The lowest BCUT2D eigenvalue weighted by Crippen LogP contribution is -2.34. The molecule has 2 aromatic rings. The average Bonchev–Trinajstić information content (AvgIpc) is 3.47. The second kappa shape index (κ2) is 7.69. The van der Waals surface area contributed by atoms with E-state index < -0.39 is 12.6 Å². The molecule has 3 fully saturated rings. The van der Waals surface area contributed by atoms with E-state index in [0.29, 0.717) is 5.56 Å². The first-order valence-electron chi connectivity index (χ1n) is 11.1. The van der Waals surface area contributed by atoms with Crippen LogP contribution < -0.4 is 4.90 Å². The first-order chi connectivity index (χ1) is 15.4. The van der Waals surface area contributed by atoms with Gasteiger partial charge in [0, 0.05) is 5.56 Å². The number of fused-ring (bicyclic) bond motifs is 5. The molecule has 0 unspecified atom stereocenters. The number of rotatable bonds is 5. The van der Waals surface area contributed by atoms with E-state index in [4.69, 9.17) is 4.74 Å². The molecule has 2 saturated carbocycles. The van der Waals surface area contributed by atoms with E-state index in [1.165, 1.54) is 11.0 Å². The van der Waals surface area contributed by atoms with Crippen molar-refractivity contribution in [3.05, 3.63) is 64.7 Å². The van der Waals surface area contributed by atoms with Crippen molar-refractivity contribution >= 4 is 29.3 Å². The van der Waals surface area contributed by atoms with Crippen molar-refractivity contribution in [1.29, 1.82) is 0 Å². The van der Waals surface area contributed by atoms with Crippen molar-refractivity contribution in [1.82, 2.24) is 0 Å². The highest BCUT2D eigenvalue weighted by Gasteiger charge is 2.61. The molecule has 32 heavy (non-hydrogen) atoms. The molecule has 0 N–H and O–H groups in total. The van der Waals surface area contributed by atoms with Gasteiger partial charge in [0.05, 0.1) is 23.1 Å². The van der Waals surface area contributed by atoms with Crippen LogP contribution in [0.5, 0.6) is 0 Å². The highest BCUT2D eigenvalue weighted by molar-refractivity contribution is 6.24. The van der Waals surface area contributed by atoms with Gasteiger partial charge in [-0.1, -0.05) is 24.3 Å². The summed E-state index contributed by atoms with van der Waals surface area (Å²) in [6, 6.07) is 11.8. The zero-order valence-corrected chi connectivity index (χ0v) is 18.2. The third kappa shape index (κ3) is 3.17. The molecule has 2 aliphatic carbocycles. The van der Waals surface area contributed by atoms with Crippen LogP contribution in [0.4, 0.5) is 5.69 Å². The van der Waals surface area contributed by atoms with Gasteiger partial charge in [-0.05, 0) is 74.3 Å². The molecule has 1 aliphatic heterocycles. The number of ether oxygens (including phenoxy) is 1. The van der Waals surface area contributed by atoms with Gasteiger partial charge in [0.1, 0.15) is 0 Å². The first-order valence-corrected chi connectivity index (χ1v) is 11.1. The largest absolute Gasteiger partial charge is 0.454 e. The number of carbonyl (C=O) groups excluding carboxylic acids is 4. The fourth-order valence-electron chi connectivity index (χ4n) is 5.69. The average molecular weight is 431 g/mol. The van der Waals surface area contributed by atoms with Crippen LogP contribution in [0.2, 0.25) is 0 Å². The number of benzene rings is 2. The molecule has 1 heterocycles. The number of para-hydroxylation sites is 1. The minimum absolute atomic E-state index is 0.120. The van der Waals surface area contributed by atoms with E-state index in [1.54, 1.807) is 30.3 Å². The molecule has 164 valence electrons. The Labute approximate surface area is 186 Å². The SMILES string of the molecule is Cc1ccc(C(=O)COC(=O)c2ccccc2N2C(=O)[C@@H]3[C@@H]4CC[C@@H](C4)[C@@H]3C2=O)cc1C. The van der Waals surface area contributed by atoms with Crippen molar-refractivity contribution < 1.29 is 23.9 Å². The summed E-state index contributed by atoms with van der Waals surface area (Å²) in [5, 5.41) is 0. The quantitative estimate of drug-likeness (QED) is 0.408. The fraction of sp³-hybridized carbons (Fsp3) is 0.385. The maximum atomic E-state index is 13.2. The smallest absolute Gasteiger partial charge is 0.340 e. The Balaban J connectivity index is 1.35. The number of nitrogens with zero attached hydrogens (tertiary/aromatic N) is 1. The Morgan fingerprint density at radius 1 is 0.938 bits per heavy atom. The van der Waals surface area contributed by atoms with Gasteiger partial charge in [0.15, 0.2) is 12.4 Å². The zero-order chi connectivity index (χ0) is 22.6. The van der Waals surface area contributed by atoms with Crippen LogP contribution >= 0.6 is 0 Å². The number of esters is 1. The number of amides is 2. The normalized spacial score (nSPS) is 25.9. The fourth-order valence-corrected chi connectivity index (χ4v) is 5.69. The highest BCUT2D eigenvalue weighted by atomic mass is 16.5. The van der Waals surface area contributed by atoms with E-state index in [0.717, 1.165) is 30.4 Å². The second-order valence-corrected chi connectivity index (χ2v) is 9.21. The molecule has 1 saturated heterocycles. The Bertz CT molecular complexity index is 1120. The Morgan fingerprint density at radius 3 is 2.25 bits per heavy atom. The van der Waals surface area contributed by atoms with Crippen LogP contribution in [0, 0.1) is 37.5 Å². The minimum Gasteiger partial charge on any atom is -0.454 e. The van der Waals surface area contributed by atoms with E-state index in [2.05, 4.69) is 0 Å². The predicted octanol–water partition coefficient (Wildman–Crippen LogP) is 3.88. The van der Waals surface area contributed by atoms with Crippen molar-refractivity contribution in [2.45, 2.75) is 33.1 Å². The summed E-state index contributed by atoms with van der Waals surface area (Å²) in [4.78, 5) is 52.9. The van der Waals surface area contributed by atoms with Gasteiger partial charge in [-0.2, -0.15) is 0 Å². The summed E-state index contributed by atoms with van der Waals surface area (Å²) in [5.41, 5.74) is 2.90. The molecular weight excluding hydrogens is 406 g/mol. The van der Waals surface area contributed by atoms with Gasteiger partial charge >= 0.3 is 5.97 Å². The minimum atomic E-state index is -0.724. The summed E-state index contributed by atoms with van der Waals surface area (Å²) >= 11 is 0. The summed E-state index contributed by atoms with van der Waals surface area (Å²) in [6.45, 7) is 3.47. The molecule has 4 atom stereocenters. The number of imide groups is 1. The van der Waals surface area contributed by atoms with E-state index in [-0.39, 0.29) is 52.5 Å². The monoisotopic (exact) mass is 431 g/mol. The third-order valence-corrected chi connectivity index (χ3v) is 7.46. The summed E-state index contributed by atoms with van der Waals surface area (Å²) in [6.07, 6.45) is 2.93. The van der Waals surface area contributed by atoms with Crippen molar-refractivity contribution in [3.8, 4) is 0 Å². The van der Waals surface area contributed by atoms with Gasteiger partial charge in [-0.25, -0.2) is 9.69 Å². The topological polar surface area (TPSA) is 80.8 Å². The molecule has 2 bridgehead atoms. The van der Waals surface area contributed by atoms with Crippen molar-refractivity contribution in [2.24, 2.45) is 23.7 Å². The summed E-state index contributed by atoms with van der Waals surface area (Å²) in [7, 11) is 0. The molecule has 3 aliphatic rings. The number of aryl methyl sites for hydroxylation is 2. The van der Waals surface area contributed by atoms with Gasteiger partial charge in [0.2, 0.25) is 11.8 Å². The molecule has 5 rings (SSSR count). The van der Waals surface area contributed by atoms with Crippen LogP contribution in [0.3, 0.4) is 0 Å². The molecule has 0 aromatic heterocycles. The maximum absolute atomic E-state index is 13.2. The number of anilines is 1. The lowest BCUT2D eigenvalue weighted by atomic mass is 9.81. The molecule has 0 radical (unpaired) electrons. The highest BCUT2D eigenvalue weighted by Crippen LogP contribution is 2.56. The van der Waals surface area contributed by atoms with Crippen LogP contribution in [0.1, 0.15) is 51.1 Å². The van der Waals surface area contributed by atoms with Crippen molar-refractivity contribution in [2.75, 3.05) is 11.5 Å². The lowest BCUT2D eigenvalue weighted by Gasteiger charge is -2.19. The van der Waals surface area contributed by atoms with E-state index >= 15 is 0 Å². The van der Waals surface area contributed by atoms with Gasteiger partial charge in [-0.3, -0.25) is 14.4 Å². The van der Waals surface area contributed by atoms with Crippen LogP contribution in [0.15, 0.2) is 42.5 Å². The van der Waals surface area contributed by atoms with Crippen LogP contribution in [-0.2, 0) is 14.3 Å². The lowest BCUT2D eigenvalue weighted by molar-refractivity contribution is -0.123.